The molecule has 0 radical (unpaired) electrons. The van der Waals surface area contributed by atoms with Gasteiger partial charge in [0.2, 0.25) is 5.91 Å². The number of carbonyl (C=O) groups is 2. The number of phenolic OH excluding ortho intramolecular Hbond substituents is 1. The highest BCUT2D eigenvalue weighted by molar-refractivity contribution is 9.10. The van der Waals surface area contributed by atoms with Gasteiger partial charge in [-0.2, -0.15) is 5.10 Å². The molecule has 2 aromatic rings. The Balaban J connectivity index is 1.82. The van der Waals surface area contributed by atoms with Gasteiger partial charge < -0.3 is 15.2 Å². The van der Waals surface area contributed by atoms with Crippen LogP contribution in [0.25, 0.3) is 0 Å². The third-order valence-corrected chi connectivity index (χ3v) is 4.44. The molecule has 28 heavy (non-hydrogen) atoms. The third-order valence-electron chi connectivity index (χ3n) is 3.51. The molecule has 0 bridgehead atoms. The lowest BCUT2D eigenvalue weighted by atomic mass is 10.2. The van der Waals surface area contributed by atoms with E-state index in [1.807, 2.05) is 0 Å². The van der Waals surface area contributed by atoms with Crippen LogP contribution < -0.4 is 15.5 Å². The van der Waals surface area contributed by atoms with Crippen molar-refractivity contribution in [1.82, 2.24) is 10.7 Å². The number of ether oxygens (including phenoxy) is 1. The van der Waals surface area contributed by atoms with Gasteiger partial charge in [0.05, 0.1) is 27.9 Å². The molecule has 0 unspecified atom stereocenters. The van der Waals surface area contributed by atoms with Gasteiger partial charge in [-0.15, -0.1) is 0 Å². The summed E-state index contributed by atoms with van der Waals surface area (Å²) in [5.41, 5.74) is 3.35. The number of phenols is 1. The molecular formula is C19H19BrClN3O4. The maximum absolute atomic E-state index is 12.0. The van der Waals surface area contributed by atoms with Crippen molar-refractivity contribution in [3.8, 4) is 11.5 Å². The van der Waals surface area contributed by atoms with Crippen LogP contribution in [0.4, 0.5) is 0 Å². The van der Waals surface area contributed by atoms with Crippen LogP contribution in [0.3, 0.4) is 0 Å². The number of nitrogens with one attached hydrogen (secondary N) is 2. The van der Waals surface area contributed by atoms with E-state index in [4.69, 9.17) is 16.3 Å². The van der Waals surface area contributed by atoms with Crippen LogP contribution >= 0.6 is 27.5 Å². The number of hydrazone groups is 1. The lowest BCUT2D eigenvalue weighted by Gasteiger charge is -2.08. The summed E-state index contributed by atoms with van der Waals surface area (Å²) in [4.78, 5) is 23.8. The van der Waals surface area contributed by atoms with Gasteiger partial charge in [-0.25, -0.2) is 5.43 Å². The van der Waals surface area contributed by atoms with Crippen LogP contribution in [0.2, 0.25) is 5.02 Å². The predicted octanol–water partition coefficient (Wildman–Crippen LogP) is 3.48. The Bertz CT molecular complexity index is 889. The van der Waals surface area contributed by atoms with E-state index in [2.05, 4.69) is 31.8 Å². The zero-order valence-corrected chi connectivity index (χ0v) is 17.4. The van der Waals surface area contributed by atoms with Crippen molar-refractivity contribution < 1.29 is 19.4 Å². The number of hydrogen-bond acceptors (Lipinski definition) is 5. The quantitative estimate of drug-likeness (QED) is 0.408. The van der Waals surface area contributed by atoms with Gasteiger partial charge in [0.1, 0.15) is 0 Å². The molecule has 0 aliphatic heterocycles. The van der Waals surface area contributed by atoms with E-state index in [0.29, 0.717) is 33.0 Å². The Morgan fingerprint density at radius 2 is 2.07 bits per heavy atom. The van der Waals surface area contributed by atoms with E-state index in [-0.39, 0.29) is 30.5 Å². The second-order valence-corrected chi connectivity index (χ2v) is 6.82. The maximum Gasteiger partial charge on any atom is 0.252 e. The van der Waals surface area contributed by atoms with E-state index in [1.165, 1.54) is 6.21 Å². The molecule has 0 saturated carbocycles. The zero-order valence-electron chi connectivity index (χ0n) is 15.0. The molecule has 0 saturated heterocycles. The molecule has 0 fully saturated rings. The van der Waals surface area contributed by atoms with Gasteiger partial charge in [-0.1, -0.05) is 23.7 Å². The molecule has 2 aromatic carbocycles. The van der Waals surface area contributed by atoms with Crippen molar-refractivity contribution >= 4 is 45.6 Å². The minimum absolute atomic E-state index is 0.00250. The van der Waals surface area contributed by atoms with E-state index in [1.54, 1.807) is 43.3 Å². The maximum atomic E-state index is 12.0. The molecule has 2 rings (SSSR count). The van der Waals surface area contributed by atoms with E-state index >= 15 is 0 Å². The molecule has 9 heteroatoms. The fourth-order valence-corrected chi connectivity index (χ4v) is 2.88. The normalized spacial score (nSPS) is 10.7. The third kappa shape index (κ3) is 6.24. The molecule has 148 valence electrons. The van der Waals surface area contributed by atoms with Crippen molar-refractivity contribution in [2.45, 2.75) is 13.3 Å². The number of hydrogen-bond donors (Lipinski definition) is 3. The van der Waals surface area contributed by atoms with Crippen LogP contribution in [0.5, 0.6) is 11.5 Å². The largest absolute Gasteiger partial charge is 0.503 e. The van der Waals surface area contributed by atoms with Gasteiger partial charge >= 0.3 is 0 Å². The Kier molecular flexibility index (Phi) is 8.28. The first-order chi connectivity index (χ1) is 13.4. The van der Waals surface area contributed by atoms with Crippen LogP contribution in [-0.2, 0) is 4.79 Å². The van der Waals surface area contributed by atoms with Gasteiger partial charge in [0, 0.05) is 13.0 Å². The zero-order chi connectivity index (χ0) is 20.5. The van der Waals surface area contributed by atoms with Crippen LogP contribution in [-0.4, -0.2) is 36.3 Å². The van der Waals surface area contributed by atoms with E-state index in [0.717, 1.165) is 0 Å². The molecule has 0 atom stereocenters. The van der Waals surface area contributed by atoms with E-state index in [9.17, 15) is 14.7 Å². The van der Waals surface area contributed by atoms with Crippen molar-refractivity contribution in [2.75, 3.05) is 13.2 Å². The summed E-state index contributed by atoms with van der Waals surface area (Å²) >= 11 is 9.18. The van der Waals surface area contributed by atoms with Crippen molar-refractivity contribution in [3.05, 3.63) is 57.0 Å². The highest BCUT2D eigenvalue weighted by Gasteiger charge is 2.10. The summed E-state index contributed by atoms with van der Waals surface area (Å²) < 4.78 is 5.78. The molecule has 3 N–H and O–H groups in total. The number of amides is 2. The minimum Gasteiger partial charge on any atom is -0.503 e. The second-order valence-electron chi connectivity index (χ2n) is 5.56. The smallest absolute Gasteiger partial charge is 0.252 e. The first-order valence-corrected chi connectivity index (χ1v) is 9.59. The van der Waals surface area contributed by atoms with Crippen molar-refractivity contribution in [2.24, 2.45) is 5.10 Å². The number of nitrogens with zero attached hydrogens (tertiary/aromatic N) is 1. The summed E-state index contributed by atoms with van der Waals surface area (Å²) in [7, 11) is 0. The Labute approximate surface area is 175 Å². The predicted molar refractivity (Wildman–Crippen MR) is 111 cm³/mol. The summed E-state index contributed by atoms with van der Waals surface area (Å²) in [5, 5.41) is 16.7. The molecule has 0 aliphatic rings. The Hall–Kier alpha value is -2.58. The number of benzene rings is 2. The van der Waals surface area contributed by atoms with E-state index < -0.39 is 0 Å². The van der Waals surface area contributed by atoms with Crippen LogP contribution in [0.1, 0.15) is 29.3 Å². The summed E-state index contributed by atoms with van der Waals surface area (Å²) in [6, 6.07) is 9.90. The van der Waals surface area contributed by atoms with Gasteiger partial charge in [0.25, 0.3) is 5.91 Å². The standard InChI is InChI=1S/C19H19BrClN3O4/c1-2-28-16-10-12(9-14(20)18(16)26)11-23-24-17(25)7-8-22-19(27)13-5-3-4-6-15(13)21/h3-6,9-11,26H,2,7-8H2,1H3,(H,22,27)(H,24,25)/b23-11-. The molecule has 2 amide bonds. The number of rotatable bonds is 8. The first-order valence-electron chi connectivity index (χ1n) is 8.42. The SMILES string of the molecule is CCOc1cc(/C=N\NC(=O)CCNC(=O)c2ccccc2Cl)cc(Br)c1O. The summed E-state index contributed by atoms with van der Waals surface area (Å²) in [5.74, 6) is -0.401. The Morgan fingerprint density at radius 1 is 1.32 bits per heavy atom. The van der Waals surface area contributed by atoms with Gasteiger partial charge in [0.15, 0.2) is 11.5 Å². The monoisotopic (exact) mass is 467 g/mol. The fourth-order valence-electron chi connectivity index (χ4n) is 2.20. The van der Waals surface area contributed by atoms with Crippen molar-refractivity contribution in [3.63, 3.8) is 0 Å². The first kappa shape index (κ1) is 21.7. The van der Waals surface area contributed by atoms with Crippen LogP contribution in [0.15, 0.2) is 46.0 Å². The number of halogens is 2. The minimum atomic E-state index is -0.362. The highest BCUT2D eigenvalue weighted by Crippen LogP contribution is 2.35. The number of carbonyl (C=O) groups excluding carboxylic acids is 2. The molecule has 0 heterocycles. The summed E-state index contributed by atoms with van der Waals surface area (Å²) in [6.45, 7) is 2.35. The summed E-state index contributed by atoms with van der Waals surface area (Å²) in [6.07, 6.45) is 1.48. The fraction of sp³-hybridized carbons (Fsp3) is 0.211. The number of aromatic hydroxyl groups is 1. The van der Waals surface area contributed by atoms with Gasteiger partial charge in [-0.05, 0) is 52.7 Å². The topological polar surface area (TPSA) is 100 Å². The molecular weight excluding hydrogens is 450 g/mol. The molecule has 7 nitrogen and oxygen atoms in total. The van der Waals surface area contributed by atoms with Crippen LogP contribution in [0, 0.1) is 0 Å². The lowest BCUT2D eigenvalue weighted by Crippen LogP contribution is -2.29. The van der Waals surface area contributed by atoms with Crippen molar-refractivity contribution in [1.29, 1.82) is 0 Å². The molecule has 0 aromatic heterocycles. The Morgan fingerprint density at radius 3 is 2.79 bits per heavy atom. The van der Waals surface area contributed by atoms with Gasteiger partial charge in [-0.3, -0.25) is 9.59 Å². The average Bonchev–Trinajstić information content (AvgIpc) is 2.66. The second kappa shape index (κ2) is 10.7. The molecule has 0 aliphatic carbocycles. The molecule has 0 spiro atoms. The average molecular weight is 469 g/mol. The lowest BCUT2D eigenvalue weighted by molar-refractivity contribution is -0.120. The highest BCUT2D eigenvalue weighted by atomic mass is 79.9.